The molecule has 0 amide bonds. The molecular formula is C14H24BrNS. The molecule has 1 rings (SSSR count). The van der Waals surface area contributed by atoms with E-state index in [-0.39, 0.29) is 0 Å². The Kier molecular flexibility index (Phi) is 6.75. The molecule has 3 heteroatoms. The fourth-order valence-electron chi connectivity index (χ4n) is 2.49. The van der Waals surface area contributed by atoms with Crippen molar-refractivity contribution in [2.45, 2.75) is 52.5 Å². The smallest absolute Gasteiger partial charge is 0.0704 e. The number of hydrogen-bond acceptors (Lipinski definition) is 2. The first-order chi connectivity index (χ1) is 8.13. The van der Waals surface area contributed by atoms with Gasteiger partial charge in [0.15, 0.2) is 0 Å². The average Bonchev–Trinajstić information content (AvgIpc) is 2.63. The summed E-state index contributed by atoms with van der Waals surface area (Å²) in [5.74, 6) is 0.750. The third-order valence-electron chi connectivity index (χ3n) is 3.50. The van der Waals surface area contributed by atoms with Crippen molar-refractivity contribution >= 4 is 27.3 Å². The van der Waals surface area contributed by atoms with Crippen LogP contribution in [0.25, 0.3) is 0 Å². The minimum absolute atomic E-state index is 0.508. The zero-order valence-electron chi connectivity index (χ0n) is 11.3. The van der Waals surface area contributed by atoms with Gasteiger partial charge < -0.3 is 5.32 Å². The van der Waals surface area contributed by atoms with E-state index in [1.165, 1.54) is 39.9 Å². The van der Waals surface area contributed by atoms with Crippen LogP contribution in [-0.4, -0.2) is 7.05 Å². The molecule has 1 nitrogen and oxygen atoms in total. The van der Waals surface area contributed by atoms with Crippen LogP contribution < -0.4 is 5.32 Å². The highest BCUT2D eigenvalue weighted by Gasteiger charge is 2.22. The number of rotatable bonds is 7. The Balaban J connectivity index is 2.84. The van der Waals surface area contributed by atoms with Crippen molar-refractivity contribution < 1.29 is 0 Å². The average molecular weight is 318 g/mol. The molecule has 0 radical (unpaired) electrons. The molecule has 1 N–H and O–H groups in total. The molecule has 0 aliphatic rings. The van der Waals surface area contributed by atoms with Crippen molar-refractivity contribution in [1.29, 1.82) is 0 Å². The third-order valence-corrected chi connectivity index (χ3v) is 5.07. The molecule has 1 aromatic heterocycles. The fourth-order valence-corrected chi connectivity index (χ4v) is 4.24. The van der Waals surface area contributed by atoms with Gasteiger partial charge in [-0.3, -0.25) is 0 Å². The zero-order valence-corrected chi connectivity index (χ0v) is 13.7. The van der Waals surface area contributed by atoms with Crippen molar-refractivity contribution in [3.8, 4) is 0 Å². The minimum atomic E-state index is 0.508. The number of unbranched alkanes of at least 4 members (excludes halogenated alkanes) is 1. The molecular weight excluding hydrogens is 294 g/mol. The molecule has 0 aliphatic carbocycles. The molecule has 0 saturated carbocycles. The van der Waals surface area contributed by atoms with E-state index in [1.807, 2.05) is 11.3 Å². The Morgan fingerprint density at radius 1 is 1.41 bits per heavy atom. The van der Waals surface area contributed by atoms with E-state index >= 15 is 0 Å². The van der Waals surface area contributed by atoms with Gasteiger partial charge >= 0.3 is 0 Å². The second kappa shape index (κ2) is 7.55. The van der Waals surface area contributed by atoms with Gasteiger partial charge in [0, 0.05) is 10.9 Å². The lowest BCUT2D eigenvalue weighted by atomic mass is 9.87. The molecule has 0 spiro atoms. The monoisotopic (exact) mass is 317 g/mol. The van der Waals surface area contributed by atoms with E-state index in [1.54, 1.807) is 0 Å². The van der Waals surface area contributed by atoms with Crippen LogP contribution in [0.4, 0.5) is 0 Å². The third kappa shape index (κ3) is 4.08. The minimum Gasteiger partial charge on any atom is -0.313 e. The fraction of sp³-hybridized carbons (Fsp3) is 0.714. The Labute approximate surface area is 118 Å². The van der Waals surface area contributed by atoms with E-state index in [0.717, 1.165) is 5.92 Å². The van der Waals surface area contributed by atoms with Crippen LogP contribution >= 0.6 is 27.3 Å². The highest BCUT2D eigenvalue weighted by Crippen LogP contribution is 2.36. The lowest BCUT2D eigenvalue weighted by Gasteiger charge is -2.26. The largest absolute Gasteiger partial charge is 0.313 e. The normalized spacial score (nSPS) is 14.9. The summed E-state index contributed by atoms with van der Waals surface area (Å²) in [6.07, 6.45) is 5.20. The van der Waals surface area contributed by atoms with Crippen molar-refractivity contribution in [3.05, 3.63) is 20.3 Å². The Morgan fingerprint density at radius 2 is 2.12 bits per heavy atom. The Bertz CT molecular complexity index is 335. The molecule has 1 heterocycles. The van der Waals surface area contributed by atoms with Gasteiger partial charge in [-0.2, -0.15) is 0 Å². The molecule has 98 valence electrons. The summed E-state index contributed by atoms with van der Waals surface area (Å²) in [7, 11) is 2.09. The van der Waals surface area contributed by atoms with Gasteiger partial charge in [-0.05, 0) is 53.9 Å². The molecule has 1 aromatic rings. The van der Waals surface area contributed by atoms with Gasteiger partial charge in [-0.15, -0.1) is 11.3 Å². The van der Waals surface area contributed by atoms with Crippen molar-refractivity contribution in [2.24, 2.45) is 5.92 Å². The first-order valence-corrected chi connectivity index (χ1v) is 8.18. The van der Waals surface area contributed by atoms with Crippen molar-refractivity contribution in [1.82, 2.24) is 5.32 Å². The van der Waals surface area contributed by atoms with Gasteiger partial charge in [-0.1, -0.05) is 33.1 Å². The van der Waals surface area contributed by atoms with Crippen LogP contribution in [0.3, 0.4) is 0 Å². The van der Waals surface area contributed by atoms with Crippen molar-refractivity contribution in [2.75, 3.05) is 7.05 Å². The quantitative estimate of drug-likeness (QED) is 0.720. The summed E-state index contributed by atoms with van der Waals surface area (Å²) in [5.41, 5.74) is 1.48. The molecule has 17 heavy (non-hydrogen) atoms. The highest BCUT2D eigenvalue weighted by molar-refractivity contribution is 9.11. The van der Waals surface area contributed by atoms with Gasteiger partial charge in [-0.25, -0.2) is 0 Å². The lowest BCUT2D eigenvalue weighted by Crippen LogP contribution is -2.25. The number of hydrogen-bond donors (Lipinski definition) is 1. The summed E-state index contributed by atoms with van der Waals surface area (Å²) < 4.78 is 1.25. The summed E-state index contributed by atoms with van der Waals surface area (Å²) >= 11 is 5.44. The summed E-state index contributed by atoms with van der Waals surface area (Å²) in [6.45, 7) is 6.80. The molecule has 2 unspecified atom stereocenters. The Hall–Kier alpha value is 0.140. The number of halogens is 1. The second-order valence-electron chi connectivity index (χ2n) is 4.64. The van der Waals surface area contributed by atoms with Crippen LogP contribution in [-0.2, 0) is 0 Å². The molecule has 2 atom stereocenters. The van der Waals surface area contributed by atoms with E-state index in [2.05, 4.69) is 55.1 Å². The van der Waals surface area contributed by atoms with E-state index in [0.29, 0.717) is 6.04 Å². The predicted octanol–water partition coefficient (Wildman–Crippen LogP) is 5.30. The van der Waals surface area contributed by atoms with E-state index in [4.69, 9.17) is 0 Å². The van der Waals surface area contributed by atoms with Crippen LogP contribution in [0.15, 0.2) is 9.85 Å². The van der Waals surface area contributed by atoms with Crippen LogP contribution in [0.1, 0.15) is 56.0 Å². The van der Waals surface area contributed by atoms with Gasteiger partial charge in [0.05, 0.1) is 3.79 Å². The predicted molar refractivity (Wildman–Crippen MR) is 81.9 cm³/mol. The second-order valence-corrected chi connectivity index (χ2v) is 7.27. The SMILES string of the molecule is CCCCC(CC)C(NC)c1cc(Br)sc1C. The number of aryl methyl sites for hydroxylation is 1. The number of thiophene rings is 1. The van der Waals surface area contributed by atoms with Crippen LogP contribution in [0.2, 0.25) is 0 Å². The van der Waals surface area contributed by atoms with Crippen molar-refractivity contribution in [3.63, 3.8) is 0 Å². The lowest BCUT2D eigenvalue weighted by molar-refractivity contribution is 0.339. The van der Waals surface area contributed by atoms with Crippen LogP contribution in [0.5, 0.6) is 0 Å². The van der Waals surface area contributed by atoms with Gasteiger partial charge in [0.25, 0.3) is 0 Å². The Morgan fingerprint density at radius 3 is 2.53 bits per heavy atom. The molecule has 0 bridgehead atoms. The van der Waals surface area contributed by atoms with E-state index < -0.39 is 0 Å². The van der Waals surface area contributed by atoms with E-state index in [9.17, 15) is 0 Å². The maximum Gasteiger partial charge on any atom is 0.0704 e. The highest BCUT2D eigenvalue weighted by atomic mass is 79.9. The standard InChI is InChI=1S/C14H24BrNS/c1-5-7-8-11(6-2)14(16-4)12-9-13(15)17-10(12)3/h9,11,14,16H,5-8H2,1-4H3. The molecule has 0 aliphatic heterocycles. The molecule has 0 fully saturated rings. The van der Waals surface area contributed by atoms with Gasteiger partial charge in [0.2, 0.25) is 0 Å². The molecule has 0 aromatic carbocycles. The van der Waals surface area contributed by atoms with Crippen LogP contribution in [0, 0.1) is 12.8 Å². The summed E-state index contributed by atoms with van der Waals surface area (Å²) in [4.78, 5) is 1.44. The number of nitrogens with one attached hydrogen (secondary N) is 1. The topological polar surface area (TPSA) is 12.0 Å². The summed E-state index contributed by atoms with van der Waals surface area (Å²) in [5, 5.41) is 3.52. The summed E-state index contributed by atoms with van der Waals surface area (Å²) in [6, 6.07) is 2.80. The maximum atomic E-state index is 3.59. The first kappa shape index (κ1) is 15.2. The maximum absolute atomic E-state index is 3.59. The van der Waals surface area contributed by atoms with Gasteiger partial charge in [0.1, 0.15) is 0 Å². The zero-order chi connectivity index (χ0) is 12.8. The molecule has 0 saturated heterocycles. The first-order valence-electron chi connectivity index (χ1n) is 6.57.